The Morgan fingerprint density at radius 1 is 0.706 bits per heavy atom. The van der Waals surface area contributed by atoms with E-state index in [1.54, 1.807) is 0 Å². The lowest BCUT2D eigenvalue weighted by Crippen LogP contribution is -1.82. The molecule has 0 bridgehead atoms. The van der Waals surface area contributed by atoms with Gasteiger partial charge in [0.2, 0.25) is 0 Å². The van der Waals surface area contributed by atoms with Crippen molar-refractivity contribution in [2.45, 2.75) is 20.3 Å². The molecule has 0 amide bonds. The largest absolute Gasteiger partial charge is 0.0613 e. The first-order valence-corrected chi connectivity index (χ1v) is 6.19. The number of hydrogen-bond acceptors (Lipinski definition) is 0. The molecule has 17 heavy (non-hydrogen) atoms. The van der Waals surface area contributed by atoms with Gasteiger partial charge in [0, 0.05) is 0 Å². The Kier molecular flexibility index (Phi) is 2.36. The van der Waals surface area contributed by atoms with Gasteiger partial charge in [-0.05, 0) is 52.6 Å². The molecule has 0 spiro atoms. The van der Waals surface area contributed by atoms with E-state index >= 15 is 0 Å². The van der Waals surface area contributed by atoms with E-state index in [0.717, 1.165) is 6.42 Å². The standard InChI is InChI=1S/C17H16/c1-3-13-5-7-15-10-14-6-4-12(2)8-16(14)11-17(15)9-13/h4-11H,3H2,1-2H3. The molecule has 0 radical (unpaired) electrons. The summed E-state index contributed by atoms with van der Waals surface area (Å²) in [7, 11) is 0. The molecule has 0 aliphatic rings. The average Bonchev–Trinajstić information content (AvgIpc) is 2.35. The first-order valence-electron chi connectivity index (χ1n) is 6.19. The molecule has 0 saturated carbocycles. The molecule has 3 aromatic rings. The maximum Gasteiger partial charge on any atom is -0.0175 e. The molecule has 3 rings (SSSR count). The van der Waals surface area contributed by atoms with E-state index in [0.29, 0.717) is 0 Å². The highest BCUT2D eigenvalue weighted by atomic mass is 14.0. The zero-order chi connectivity index (χ0) is 11.8. The van der Waals surface area contributed by atoms with Gasteiger partial charge >= 0.3 is 0 Å². The van der Waals surface area contributed by atoms with Crippen molar-refractivity contribution in [1.82, 2.24) is 0 Å². The van der Waals surface area contributed by atoms with Crippen LogP contribution in [0.4, 0.5) is 0 Å². The van der Waals surface area contributed by atoms with Gasteiger partial charge in [0.05, 0.1) is 0 Å². The van der Waals surface area contributed by atoms with E-state index < -0.39 is 0 Å². The maximum atomic E-state index is 2.30. The van der Waals surface area contributed by atoms with Crippen LogP contribution in [0, 0.1) is 6.92 Å². The number of hydrogen-bond donors (Lipinski definition) is 0. The van der Waals surface area contributed by atoms with Crippen LogP contribution in [0.25, 0.3) is 21.5 Å². The van der Waals surface area contributed by atoms with Crippen LogP contribution in [-0.4, -0.2) is 0 Å². The fourth-order valence-electron chi connectivity index (χ4n) is 2.39. The summed E-state index contributed by atoms with van der Waals surface area (Å²) < 4.78 is 0. The Morgan fingerprint density at radius 2 is 1.35 bits per heavy atom. The van der Waals surface area contributed by atoms with Crippen molar-refractivity contribution in [3.63, 3.8) is 0 Å². The minimum atomic E-state index is 1.10. The number of aryl methyl sites for hydroxylation is 2. The van der Waals surface area contributed by atoms with Gasteiger partial charge in [-0.15, -0.1) is 0 Å². The van der Waals surface area contributed by atoms with Gasteiger partial charge in [-0.3, -0.25) is 0 Å². The van der Waals surface area contributed by atoms with Crippen molar-refractivity contribution < 1.29 is 0 Å². The second-order valence-electron chi connectivity index (χ2n) is 4.74. The second-order valence-corrected chi connectivity index (χ2v) is 4.74. The fourth-order valence-corrected chi connectivity index (χ4v) is 2.39. The third-order valence-corrected chi connectivity index (χ3v) is 3.42. The van der Waals surface area contributed by atoms with Gasteiger partial charge in [-0.1, -0.05) is 48.9 Å². The Balaban J connectivity index is 2.36. The Bertz CT molecular complexity index is 693. The topological polar surface area (TPSA) is 0 Å². The van der Waals surface area contributed by atoms with Crippen LogP contribution in [0.1, 0.15) is 18.1 Å². The highest BCUT2D eigenvalue weighted by molar-refractivity contribution is 5.98. The molecule has 0 N–H and O–H groups in total. The van der Waals surface area contributed by atoms with E-state index in [1.807, 2.05) is 0 Å². The van der Waals surface area contributed by atoms with E-state index in [4.69, 9.17) is 0 Å². The van der Waals surface area contributed by atoms with Crippen molar-refractivity contribution in [3.8, 4) is 0 Å². The summed E-state index contributed by atoms with van der Waals surface area (Å²) in [6, 6.07) is 18.0. The molecular formula is C17H16. The third kappa shape index (κ3) is 1.80. The van der Waals surface area contributed by atoms with Crippen molar-refractivity contribution in [1.29, 1.82) is 0 Å². The predicted molar refractivity (Wildman–Crippen MR) is 75.6 cm³/mol. The monoisotopic (exact) mass is 220 g/mol. The van der Waals surface area contributed by atoms with Gasteiger partial charge in [-0.2, -0.15) is 0 Å². The lowest BCUT2D eigenvalue weighted by atomic mass is 10.00. The smallest absolute Gasteiger partial charge is 0.0175 e. The molecule has 0 nitrogen and oxygen atoms in total. The summed E-state index contributed by atoms with van der Waals surface area (Å²) in [5.41, 5.74) is 2.73. The predicted octanol–water partition coefficient (Wildman–Crippen LogP) is 4.86. The third-order valence-electron chi connectivity index (χ3n) is 3.42. The molecule has 0 fully saturated rings. The Morgan fingerprint density at radius 3 is 2.12 bits per heavy atom. The van der Waals surface area contributed by atoms with E-state index in [2.05, 4.69) is 62.4 Å². The molecule has 84 valence electrons. The minimum absolute atomic E-state index is 1.10. The quantitative estimate of drug-likeness (QED) is 0.513. The Hall–Kier alpha value is -1.82. The molecule has 0 aliphatic carbocycles. The highest BCUT2D eigenvalue weighted by Crippen LogP contribution is 2.24. The first kappa shape index (κ1) is 10.3. The number of rotatable bonds is 1. The van der Waals surface area contributed by atoms with Crippen LogP contribution in [0.2, 0.25) is 0 Å². The van der Waals surface area contributed by atoms with Gasteiger partial charge in [0.15, 0.2) is 0 Å². The number of fused-ring (bicyclic) bond motifs is 2. The van der Waals surface area contributed by atoms with Crippen molar-refractivity contribution in [3.05, 3.63) is 59.7 Å². The van der Waals surface area contributed by atoms with Crippen LogP contribution >= 0.6 is 0 Å². The fraction of sp³-hybridized carbons (Fsp3) is 0.176. The van der Waals surface area contributed by atoms with Crippen LogP contribution < -0.4 is 0 Å². The van der Waals surface area contributed by atoms with Crippen LogP contribution in [0.15, 0.2) is 48.5 Å². The van der Waals surface area contributed by atoms with Crippen molar-refractivity contribution in [2.24, 2.45) is 0 Å². The van der Waals surface area contributed by atoms with Crippen LogP contribution in [0.3, 0.4) is 0 Å². The van der Waals surface area contributed by atoms with Crippen LogP contribution in [0.5, 0.6) is 0 Å². The summed E-state index contributed by atoms with van der Waals surface area (Å²) in [5.74, 6) is 0. The van der Waals surface area contributed by atoms with Crippen LogP contribution in [-0.2, 0) is 6.42 Å². The molecule has 0 atom stereocenters. The molecule has 0 aliphatic heterocycles. The van der Waals surface area contributed by atoms with E-state index in [1.165, 1.54) is 32.7 Å². The first-order chi connectivity index (χ1) is 8.26. The molecule has 0 saturated heterocycles. The van der Waals surface area contributed by atoms with Gasteiger partial charge < -0.3 is 0 Å². The van der Waals surface area contributed by atoms with Crippen molar-refractivity contribution in [2.75, 3.05) is 0 Å². The van der Waals surface area contributed by atoms with Crippen molar-refractivity contribution >= 4 is 21.5 Å². The van der Waals surface area contributed by atoms with E-state index in [-0.39, 0.29) is 0 Å². The number of benzene rings is 3. The Labute approximate surface area is 102 Å². The molecule has 0 heteroatoms. The van der Waals surface area contributed by atoms with Gasteiger partial charge in [0.25, 0.3) is 0 Å². The summed E-state index contributed by atoms with van der Waals surface area (Å²) in [4.78, 5) is 0. The lowest BCUT2D eigenvalue weighted by molar-refractivity contribution is 1.15. The zero-order valence-electron chi connectivity index (χ0n) is 10.3. The molecule has 3 aromatic carbocycles. The van der Waals surface area contributed by atoms with Gasteiger partial charge in [0.1, 0.15) is 0 Å². The summed E-state index contributed by atoms with van der Waals surface area (Å²) in [5, 5.41) is 5.35. The zero-order valence-corrected chi connectivity index (χ0v) is 10.3. The average molecular weight is 220 g/mol. The molecular weight excluding hydrogens is 204 g/mol. The normalized spacial score (nSPS) is 11.2. The molecule has 0 aromatic heterocycles. The maximum absolute atomic E-state index is 2.30. The second kappa shape index (κ2) is 3.89. The summed E-state index contributed by atoms with van der Waals surface area (Å²) in [6.07, 6.45) is 1.10. The summed E-state index contributed by atoms with van der Waals surface area (Å²) in [6.45, 7) is 4.35. The lowest BCUT2D eigenvalue weighted by Gasteiger charge is -2.05. The minimum Gasteiger partial charge on any atom is -0.0613 e. The van der Waals surface area contributed by atoms with E-state index in [9.17, 15) is 0 Å². The van der Waals surface area contributed by atoms with Gasteiger partial charge in [-0.25, -0.2) is 0 Å². The highest BCUT2D eigenvalue weighted by Gasteiger charge is 1.99. The summed E-state index contributed by atoms with van der Waals surface area (Å²) >= 11 is 0. The molecule has 0 unspecified atom stereocenters. The molecule has 0 heterocycles. The SMILES string of the molecule is CCc1ccc2cc3ccc(C)cc3cc2c1.